The normalized spacial score (nSPS) is 11.1. The van der Waals surface area contributed by atoms with Crippen molar-refractivity contribution in [2.45, 2.75) is 13.1 Å². The van der Waals surface area contributed by atoms with Crippen LogP contribution in [0.25, 0.3) is 22.2 Å². The van der Waals surface area contributed by atoms with Crippen molar-refractivity contribution in [1.82, 2.24) is 19.9 Å². The monoisotopic (exact) mass is 455 g/mol. The third-order valence-corrected chi connectivity index (χ3v) is 5.70. The number of ether oxygens (including phenoxy) is 1. The SMILES string of the molecule is COc1ccccc1CNC(=O)c1c(N)n(Cc2ccc(F)cc2)c2nc3ccccc3nc12. The van der Waals surface area contributed by atoms with Gasteiger partial charge in [0, 0.05) is 12.1 Å². The molecule has 0 aliphatic carbocycles. The van der Waals surface area contributed by atoms with Crippen molar-refractivity contribution in [2.24, 2.45) is 0 Å². The van der Waals surface area contributed by atoms with Gasteiger partial charge in [0.1, 0.15) is 28.5 Å². The topological polar surface area (TPSA) is 95.1 Å². The molecule has 0 unspecified atom stereocenters. The third kappa shape index (κ3) is 3.90. The van der Waals surface area contributed by atoms with Crippen LogP contribution >= 0.6 is 0 Å². The van der Waals surface area contributed by atoms with Gasteiger partial charge in [-0.2, -0.15) is 0 Å². The summed E-state index contributed by atoms with van der Waals surface area (Å²) in [6, 6.07) is 21.0. The number of anilines is 1. The van der Waals surface area contributed by atoms with Crippen molar-refractivity contribution >= 4 is 33.9 Å². The average molecular weight is 455 g/mol. The number of amides is 1. The number of hydrogen-bond acceptors (Lipinski definition) is 5. The predicted octanol–water partition coefficient (Wildman–Crippen LogP) is 4.29. The number of halogens is 1. The van der Waals surface area contributed by atoms with E-state index in [1.165, 1.54) is 12.1 Å². The highest BCUT2D eigenvalue weighted by molar-refractivity contribution is 6.10. The van der Waals surface area contributed by atoms with E-state index in [9.17, 15) is 9.18 Å². The van der Waals surface area contributed by atoms with Crippen LogP contribution in [0.15, 0.2) is 72.8 Å². The summed E-state index contributed by atoms with van der Waals surface area (Å²) in [4.78, 5) is 22.8. The predicted molar refractivity (Wildman–Crippen MR) is 129 cm³/mol. The molecular formula is C26H22FN5O2. The van der Waals surface area contributed by atoms with E-state index >= 15 is 0 Å². The Bertz CT molecular complexity index is 1510. The molecule has 3 N–H and O–H groups in total. The van der Waals surface area contributed by atoms with Crippen LogP contribution in [0, 0.1) is 5.82 Å². The minimum Gasteiger partial charge on any atom is -0.496 e. The van der Waals surface area contributed by atoms with Crippen molar-refractivity contribution in [2.75, 3.05) is 12.8 Å². The van der Waals surface area contributed by atoms with Gasteiger partial charge < -0.3 is 20.4 Å². The molecule has 0 fully saturated rings. The lowest BCUT2D eigenvalue weighted by Crippen LogP contribution is -2.24. The second-order valence-electron chi connectivity index (χ2n) is 7.85. The number of nitrogens with zero attached hydrogens (tertiary/aromatic N) is 3. The number of para-hydroxylation sites is 3. The van der Waals surface area contributed by atoms with E-state index in [2.05, 4.69) is 5.32 Å². The Morgan fingerprint density at radius 2 is 1.68 bits per heavy atom. The molecule has 8 heteroatoms. The number of nitrogens with two attached hydrogens (primary N) is 1. The van der Waals surface area contributed by atoms with E-state index in [4.69, 9.17) is 20.4 Å². The number of rotatable bonds is 6. The van der Waals surface area contributed by atoms with Crippen LogP contribution in [0.1, 0.15) is 21.5 Å². The molecule has 0 aliphatic heterocycles. The van der Waals surface area contributed by atoms with Crippen molar-refractivity contribution < 1.29 is 13.9 Å². The molecule has 34 heavy (non-hydrogen) atoms. The van der Waals surface area contributed by atoms with Crippen molar-refractivity contribution in [3.63, 3.8) is 0 Å². The maximum absolute atomic E-state index is 13.4. The summed E-state index contributed by atoms with van der Waals surface area (Å²) < 4.78 is 20.5. The molecule has 7 nitrogen and oxygen atoms in total. The van der Waals surface area contributed by atoms with E-state index < -0.39 is 0 Å². The van der Waals surface area contributed by atoms with E-state index in [1.54, 1.807) is 23.8 Å². The van der Waals surface area contributed by atoms with Gasteiger partial charge in [0.15, 0.2) is 5.65 Å². The fraction of sp³-hybridized carbons (Fsp3) is 0.115. The molecule has 0 spiro atoms. The summed E-state index contributed by atoms with van der Waals surface area (Å²) in [5.74, 6) is 0.236. The third-order valence-electron chi connectivity index (χ3n) is 5.70. The highest BCUT2D eigenvalue weighted by Crippen LogP contribution is 2.29. The quantitative estimate of drug-likeness (QED) is 0.398. The Morgan fingerprint density at radius 1 is 1.00 bits per heavy atom. The lowest BCUT2D eigenvalue weighted by molar-refractivity contribution is 0.0953. The van der Waals surface area contributed by atoms with Crippen LogP contribution in [-0.4, -0.2) is 27.6 Å². The highest BCUT2D eigenvalue weighted by atomic mass is 19.1. The summed E-state index contributed by atoms with van der Waals surface area (Å²) in [7, 11) is 1.59. The zero-order valence-electron chi connectivity index (χ0n) is 18.5. The number of nitrogens with one attached hydrogen (secondary N) is 1. The van der Waals surface area contributed by atoms with Crippen LogP contribution < -0.4 is 15.8 Å². The van der Waals surface area contributed by atoms with Gasteiger partial charge in [-0.1, -0.05) is 42.5 Å². The fourth-order valence-electron chi connectivity index (χ4n) is 3.99. The number of hydrogen-bond donors (Lipinski definition) is 2. The Morgan fingerprint density at radius 3 is 2.41 bits per heavy atom. The Labute approximate surface area is 195 Å². The molecule has 170 valence electrons. The van der Waals surface area contributed by atoms with E-state index in [0.29, 0.717) is 34.5 Å². The van der Waals surface area contributed by atoms with Gasteiger partial charge in [-0.05, 0) is 35.9 Å². The van der Waals surface area contributed by atoms with Gasteiger partial charge in [0.05, 0.1) is 24.7 Å². The fourth-order valence-corrected chi connectivity index (χ4v) is 3.99. The molecule has 0 saturated heterocycles. The molecule has 1 amide bonds. The summed E-state index contributed by atoms with van der Waals surface area (Å²) in [5, 5.41) is 2.93. The lowest BCUT2D eigenvalue weighted by atomic mass is 10.2. The number of benzene rings is 3. The van der Waals surface area contributed by atoms with Crippen molar-refractivity contribution in [1.29, 1.82) is 0 Å². The lowest BCUT2D eigenvalue weighted by Gasteiger charge is -2.10. The number of methoxy groups -OCH3 is 1. The summed E-state index contributed by atoms with van der Waals surface area (Å²) >= 11 is 0. The molecule has 2 heterocycles. The summed E-state index contributed by atoms with van der Waals surface area (Å²) in [5.41, 5.74) is 10.7. The number of nitrogen functional groups attached to an aromatic ring is 1. The molecule has 5 aromatic rings. The number of fused-ring (bicyclic) bond motifs is 2. The second kappa shape index (κ2) is 8.82. The van der Waals surface area contributed by atoms with E-state index in [-0.39, 0.29) is 29.7 Å². The van der Waals surface area contributed by atoms with Crippen molar-refractivity contribution in [3.05, 3.63) is 95.3 Å². The van der Waals surface area contributed by atoms with Gasteiger partial charge in [-0.15, -0.1) is 0 Å². The second-order valence-corrected chi connectivity index (χ2v) is 7.85. The number of carbonyl (C=O) groups excluding carboxylic acids is 1. The maximum Gasteiger partial charge on any atom is 0.257 e. The highest BCUT2D eigenvalue weighted by Gasteiger charge is 2.24. The average Bonchev–Trinajstić information content (AvgIpc) is 3.12. The zero-order valence-corrected chi connectivity index (χ0v) is 18.5. The Kier molecular flexibility index (Phi) is 5.55. The molecule has 0 atom stereocenters. The van der Waals surface area contributed by atoms with Gasteiger partial charge in [0.2, 0.25) is 0 Å². The van der Waals surface area contributed by atoms with E-state index in [1.807, 2.05) is 48.5 Å². The first-order valence-electron chi connectivity index (χ1n) is 10.7. The summed E-state index contributed by atoms with van der Waals surface area (Å²) in [6.07, 6.45) is 0. The van der Waals surface area contributed by atoms with Gasteiger partial charge in [-0.3, -0.25) is 4.79 Å². The standard InChI is InChI=1S/C26H22FN5O2/c1-34-21-9-5-2-6-17(21)14-29-26(33)22-23-25(31-20-8-4-3-7-19(20)30-23)32(24(22)28)15-16-10-12-18(27)13-11-16/h2-13H,14-15,28H2,1H3,(H,29,33). The molecule has 2 aromatic heterocycles. The Balaban J connectivity index is 1.58. The van der Waals surface area contributed by atoms with Gasteiger partial charge >= 0.3 is 0 Å². The maximum atomic E-state index is 13.4. The molecule has 0 aliphatic rings. The van der Waals surface area contributed by atoms with Crippen LogP contribution in [0.2, 0.25) is 0 Å². The molecular weight excluding hydrogens is 433 g/mol. The van der Waals surface area contributed by atoms with Crippen LogP contribution in [0.4, 0.5) is 10.2 Å². The van der Waals surface area contributed by atoms with Crippen LogP contribution in [0.5, 0.6) is 5.75 Å². The summed E-state index contributed by atoms with van der Waals surface area (Å²) in [6.45, 7) is 0.573. The van der Waals surface area contributed by atoms with Crippen molar-refractivity contribution in [3.8, 4) is 5.75 Å². The van der Waals surface area contributed by atoms with E-state index in [0.717, 1.165) is 11.1 Å². The molecule has 0 radical (unpaired) electrons. The number of carbonyl (C=O) groups is 1. The largest absolute Gasteiger partial charge is 0.496 e. The minimum atomic E-state index is -0.365. The molecule has 5 rings (SSSR count). The Hall–Kier alpha value is -4.46. The molecule has 0 saturated carbocycles. The number of aromatic nitrogens is 3. The molecule has 3 aromatic carbocycles. The molecule has 0 bridgehead atoms. The first kappa shape index (κ1) is 21.4. The first-order chi connectivity index (χ1) is 16.5. The smallest absolute Gasteiger partial charge is 0.257 e. The first-order valence-corrected chi connectivity index (χ1v) is 10.7. The van der Waals surface area contributed by atoms with Gasteiger partial charge in [0.25, 0.3) is 5.91 Å². The minimum absolute atomic E-state index is 0.243. The van der Waals surface area contributed by atoms with Crippen LogP contribution in [-0.2, 0) is 13.1 Å². The van der Waals surface area contributed by atoms with Gasteiger partial charge in [-0.25, -0.2) is 14.4 Å². The zero-order chi connectivity index (χ0) is 23.7. The van der Waals surface area contributed by atoms with Crippen LogP contribution in [0.3, 0.4) is 0 Å².